The van der Waals surface area contributed by atoms with Gasteiger partial charge in [-0.15, -0.1) is 0 Å². The summed E-state index contributed by atoms with van der Waals surface area (Å²) < 4.78 is 1.76. The van der Waals surface area contributed by atoms with Crippen LogP contribution in [0.25, 0.3) is 0 Å². The van der Waals surface area contributed by atoms with Gasteiger partial charge in [-0.25, -0.2) is 4.98 Å². The molecule has 0 saturated heterocycles. The third kappa shape index (κ3) is 3.45. The first-order chi connectivity index (χ1) is 9.08. The van der Waals surface area contributed by atoms with E-state index in [1.807, 2.05) is 13.1 Å². The lowest BCUT2D eigenvalue weighted by Gasteiger charge is -2.06. The first-order valence-electron chi connectivity index (χ1n) is 5.65. The Morgan fingerprint density at radius 3 is 2.84 bits per heavy atom. The number of carbonyl (C=O) groups excluding carboxylic acids is 1. The van der Waals surface area contributed by atoms with Crippen molar-refractivity contribution in [3.8, 4) is 0 Å². The van der Waals surface area contributed by atoms with Crippen LogP contribution in [-0.4, -0.2) is 27.2 Å². The van der Waals surface area contributed by atoms with Crippen LogP contribution < -0.4 is 5.32 Å². The average molecular weight is 299 g/mol. The Kier molecular flexibility index (Phi) is 4.39. The van der Waals surface area contributed by atoms with Crippen molar-refractivity contribution in [3.63, 3.8) is 0 Å². The molecule has 2 aromatic heterocycles. The molecule has 2 aromatic rings. The van der Waals surface area contributed by atoms with Gasteiger partial charge >= 0.3 is 0 Å². The second kappa shape index (κ2) is 6.04. The molecule has 0 saturated carbocycles. The smallest absolute Gasteiger partial charge is 0.271 e. The lowest BCUT2D eigenvalue weighted by molar-refractivity contribution is 0.0949. The number of nitrogens with zero attached hydrogens (tertiary/aromatic N) is 3. The van der Waals surface area contributed by atoms with E-state index in [0.29, 0.717) is 13.0 Å². The van der Waals surface area contributed by atoms with Gasteiger partial charge in [0.05, 0.1) is 5.02 Å². The zero-order valence-corrected chi connectivity index (χ0v) is 11.7. The number of carbonyl (C=O) groups is 1. The highest BCUT2D eigenvalue weighted by molar-refractivity contribution is 6.34. The fraction of sp³-hybridized carbons (Fsp3) is 0.250. The minimum atomic E-state index is -0.338. The number of hydrogen-bond acceptors (Lipinski definition) is 3. The number of amides is 1. The molecule has 7 heteroatoms. The van der Waals surface area contributed by atoms with Gasteiger partial charge in [-0.05, 0) is 18.2 Å². The van der Waals surface area contributed by atoms with Crippen LogP contribution in [0.4, 0.5) is 0 Å². The number of aryl methyl sites for hydroxylation is 1. The molecule has 100 valence electrons. The molecule has 0 radical (unpaired) electrons. The van der Waals surface area contributed by atoms with E-state index >= 15 is 0 Å². The second-order valence-electron chi connectivity index (χ2n) is 3.92. The summed E-state index contributed by atoms with van der Waals surface area (Å²) >= 11 is 11.6. The second-order valence-corrected chi connectivity index (χ2v) is 4.71. The van der Waals surface area contributed by atoms with Crippen molar-refractivity contribution in [3.05, 3.63) is 46.0 Å². The van der Waals surface area contributed by atoms with E-state index in [-0.39, 0.29) is 21.8 Å². The lowest BCUT2D eigenvalue weighted by atomic mass is 10.3. The Bertz CT molecular complexity index is 597. The van der Waals surface area contributed by atoms with Gasteiger partial charge in [-0.3, -0.25) is 9.48 Å². The Morgan fingerprint density at radius 1 is 1.37 bits per heavy atom. The summed E-state index contributed by atoms with van der Waals surface area (Å²) in [7, 11) is 1.85. The summed E-state index contributed by atoms with van der Waals surface area (Å²) in [4.78, 5) is 15.8. The standard InChI is InChI=1S/C12H12Cl2N4O/c1-18-8(5-7-16-18)4-6-15-12(19)11-9(13)2-3-10(14)17-11/h2-3,5,7H,4,6H2,1H3,(H,15,19). The number of hydrogen-bond donors (Lipinski definition) is 1. The molecule has 0 spiro atoms. The number of pyridine rings is 1. The van der Waals surface area contributed by atoms with Gasteiger partial charge in [-0.2, -0.15) is 5.10 Å². The van der Waals surface area contributed by atoms with Crippen molar-refractivity contribution < 1.29 is 4.79 Å². The number of halogens is 2. The van der Waals surface area contributed by atoms with Crippen molar-refractivity contribution in [2.75, 3.05) is 6.54 Å². The molecule has 19 heavy (non-hydrogen) atoms. The first-order valence-corrected chi connectivity index (χ1v) is 6.40. The summed E-state index contributed by atoms with van der Waals surface area (Å²) in [6, 6.07) is 4.99. The minimum Gasteiger partial charge on any atom is -0.350 e. The highest BCUT2D eigenvalue weighted by atomic mass is 35.5. The van der Waals surface area contributed by atoms with Crippen LogP contribution in [0.1, 0.15) is 16.2 Å². The average Bonchev–Trinajstić information content (AvgIpc) is 2.78. The van der Waals surface area contributed by atoms with Crippen LogP contribution in [-0.2, 0) is 13.5 Å². The van der Waals surface area contributed by atoms with Crippen LogP contribution in [0.5, 0.6) is 0 Å². The summed E-state index contributed by atoms with van der Waals surface area (Å²) in [5.41, 5.74) is 1.17. The monoisotopic (exact) mass is 298 g/mol. The number of nitrogens with one attached hydrogen (secondary N) is 1. The SMILES string of the molecule is Cn1nccc1CCNC(=O)c1nc(Cl)ccc1Cl. The maximum Gasteiger partial charge on any atom is 0.271 e. The van der Waals surface area contributed by atoms with E-state index in [9.17, 15) is 4.79 Å². The van der Waals surface area contributed by atoms with Crippen molar-refractivity contribution >= 4 is 29.1 Å². The molecule has 1 amide bonds. The molecule has 0 aromatic carbocycles. The van der Waals surface area contributed by atoms with Crippen molar-refractivity contribution in [2.45, 2.75) is 6.42 Å². The van der Waals surface area contributed by atoms with Gasteiger partial charge in [0.25, 0.3) is 5.91 Å². The molecule has 0 aliphatic heterocycles. The lowest BCUT2D eigenvalue weighted by Crippen LogP contribution is -2.27. The van der Waals surface area contributed by atoms with E-state index in [2.05, 4.69) is 15.4 Å². The summed E-state index contributed by atoms with van der Waals surface area (Å²) in [6.45, 7) is 0.475. The first kappa shape index (κ1) is 13.8. The molecule has 0 atom stereocenters. The van der Waals surface area contributed by atoms with Gasteiger partial charge in [0, 0.05) is 31.9 Å². The molecule has 0 unspecified atom stereocenters. The maximum absolute atomic E-state index is 11.9. The molecule has 2 heterocycles. The molecule has 5 nitrogen and oxygen atoms in total. The van der Waals surface area contributed by atoms with E-state index in [4.69, 9.17) is 23.2 Å². The number of rotatable bonds is 4. The Morgan fingerprint density at radius 2 is 2.16 bits per heavy atom. The third-order valence-electron chi connectivity index (χ3n) is 2.62. The van der Waals surface area contributed by atoms with E-state index < -0.39 is 0 Å². The van der Waals surface area contributed by atoms with Gasteiger partial charge in [0.1, 0.15) is 10.8 Å². The molecule has 1 N–H and O–H groups in total. The quantitative estimate of drug-likeness (QED) is 0.879. The van der Waals surface area contributed by atoms with Crippen LogP contribution >= 0.6 is 23.2 Å². The molecule has 2 rings (SSSR count). The van der Waals surface area contributed by atoms with Crippen molar-refractivity contribution in [2.24, 2.45) is 7.05 Å². The Balaban J connectivity index is 1.94. The van der Waals surface area contributed by atoms with Crippen LogP contribution in [0.3, 0.4) is 0 Å². The molecule has 0 bridgehead atoms. The highest BCUT2D eigenvalue weighted by Crippen LogP contribution is 2.16. The fourth-order valence-electron chi connectivity index (χ4n) is 1.61. The van der Waals surface area contributed by atoms with E-state index in [1.165, 1.54) is 6.07 Å². The maximum atomic E-state index is 11.9. The highest BCUT2D eigenvalue weighted by Gasteiger charge is 2.12. The van der Waals surface area contributed by atoms with E-state index in [1.54, 1.807) is 16.9 Å². The zero-order chi connectivity index (χ0) is 13.8. The predicted molar refractivity (Wildman–Crippen MR) is 73.5 cm³/mol. The van der Waals surface area contributed by atoms with E-state index in [0.717, 1.165) is 5.69 Å². The van der Waals surface area contributed by atoms with Crippen molar-refractivity contribution in [1.29, 1.82) is 0 Å². The van der Waals surface area contributed by atoms with Crippen LogP contribution in [0, 0.1) is 0 Å². The Labute approximate surface area is 120 Å². The fourth-order valence-corrected chi connectivity index (χ4v) is 1.95. The largest absolute Gasteiger partial charge is 0.350 e. The molecule has 0 fully saturated rings. The zero-order valence-electron chi connectivity index (χ0n) is 10.2. The molecule has 0 aliphatic rings. The molecule has 0 aliphatic carbocycles. The summed E-state index contributed by atoms with van der Waals surface area (Å²) in [6.07, 6.45) is 2.40. The minimum absolute atomic E-state index is 0.138. The van der Waals surface area contributed by atoms with Gasteiger partial charge in [0.15, 0.2) is 0 Å². The van der Waals surface area contributed by atoms with Crippen LogP contribution in [0.2, 0.25) is 10.2 Å². The summed E-state index contributed by atoms with van der Waals surface area (Å²) in [5.74, 6) is -0.338. The Hall–Kier alpha value is -1.59. The number of aromatic nitrogens is 3. The topological polar surface area (TPSA) is 59.8 Å². The normalized spacial score (nSPS) is 10.5. The molecular weight excluding hydrogens is 287 g/mol. The third-order valence-corrected chi connectivity index (χ3v) is 3.13. The predicted octanol–water partition coefficient (Wildman–Crippen LogP) is 2.09. The molecular formula is C12H12Cl2N4O. The van der Waals surface area contributed by atoms with Gasteiger partial charge in [0.2, 0.25) is 0 Å². The summed E-state index contributed by atoms with van der Waals surface area (Å²) in [5, 5.41) is 7.32. The van der Waals surface area contributed by atoms with Crippen LogP contribution in [0.15, 0.2) is 24.4 Å². The van der Waals surface area contributed by atoms with Gasteiger partial charge < -0.3 is 5.32 Å². The van der Waals surface area contributed by atoms with Gasteiger partial charge in [-0.1, -0.05) is 23.2 Å². The van der Waals surface area contributed by atoms with Crippen molar-refractivity contribution in [1.82, 2.24) is 20.1 Å².